The molecule has 0 spiro atoms. The Hall–Kier alpha value is -2.54. The van der Waals surface area contributed by atoms with Gasteiger partial charge in [-0.15, -0.1) is 0 Å². The molecule has 116 valence electrons. The number of rotatable bonds is 5. The third-order valence-electron chi connectivity index (χ3n) is 2.88. The van der Waals surface area contributed by atoms with E-state index in [1.54, 1.807) is 18.2 Å². The molecular formula is C15H15NO5S. The largest absolute Gasteiger partial charge is 0.502 e. The summed E-state index contributed by atoms with van der Waals surface area (Å²) in [5.74, 6) is 0.170. The van der Waals surface area contributed by atoms with Gasteiger partial charge < -0.3 is 14.6 Å². The molecule has 0 amide bonds. The molecule has 0 aliphatic rings. The van der Waals surface area contributed by atoms with Crippen molar-refractivity contribution in [3.05, 3.63) is 48.0 Å². The number of hydrogen-bond acceptors (Lipinski definition) is 5. The molecule has 0 saturated heterocycles. The van der Waals surface area contributed by atoms with Crippen molar-refractivity contribution in [1.29, 1.82) is 0 Å². The fraction of sp³-hybridized carbons (Fsp3) is 0.133. The number of hydrogen-bond donors (Lipinski definition) is 1. The summed E-state index contributed by atoms with van der Waals surface area (Å²) < 4.78 is 37.8. The van der Waals surface area contributed by atoms with Crippen LogP contribution in [0.15, 0.2) is 51.8 Å². The molecule has 0 aliphatic heterocycles. The van der Waals surface area contributed by atoms with Gasteiger partial charge in [0.2, 0.25) is 5.75 Å². The van der Waals surface area contributed by atoms with Crippen LogP contribution in [0.25, 0.3) is 0 Å². The second kappa shape index (κ2) is 6.48. The number of nitrogens with zero attached hydrogens (tertiary/aromatic N) is 1. The van der Waals surface area contributed by atoms with Crippen molar-refractivity contribution in [3.63, 3.8) is 0 Å². The first kappa shape index (κ1) is 15.8. The van der Waals surface area contributed by atoms with Crippen molar-refractivity contribution < 1.29 is 23.0 Å². The SMILES string of the molecule is COc1cc(C=NS(=O)(=O)c2ccccc2)cc(OC)c1O. The minimum atomic E-state index is -3.78. The zero-order valence-corrected chi connectivity index (χ0v) is 12.9. The van der Waals surface area contributed by atoms with Gasteiger partial charge in [0.15, 0.2) is 11.5 Å². The Morgan fingerprint density at radius 1 is 1.05 bits per heavy atom. The van der Waals surface area contributed by atoms with Crippen molar-refractivity contribution in [2.45, 2.75) is 4.90 Å². The van der Waals surface area contributed by atoms with Crippen LogP contribution < -0.4 is 9.47 Å². The number of phenolic OH excluding ortho intramolecular Hbond substituents is 1. The Morgan fingerprint density at radius 2 is 1.59 bits per heavy atom. The summed E-state index contributed by atoms with van der Waals surface area (Å²) >= 11 is 0. The summed E-state index contributed by atoms with van der Waals surface area (Å²) in [4.78, 5) is 0.101. The van der Waals surface area contributed by atoms with Gasteiger partial charge in [0.25, 0.3) is 10.0 Å². The summed E-state index contributed by atoms with van der Waals surface area (Å²) in [5, 5.41) is 9.81. The molecule has 0 aromatic heterocycles. The molecule has 22 heavy (non-hydrogen) atoms. The molecule has 0 aliphatic carbocycles. The lowest BCUT2D eigenvalue weighted by molar-refractivity contribution is 0.340. The van der Waals surface area contributed by atoms with Crippen molar-refractivity contribution in [2.24, 2.45) is 4.40 Å². The molecule has 0 unspecified atom stereocenters. The first-order valence-electron chi connectivity index (χ1n) is 6.28. The van der Waals surface area contributed by atoms with Crippen LogP contribution in [0.1, 0.15) is 5.56 Å². The molecular weight excluding hydrogens is 306 g/mol. The van der Waals surface area contributed by atoms with Gasteiger partial charge in [-0.1, -0.05) is 18.2 Å². The minimum Gasteiger partial charge on any atom is -0.502 e. The van der Waals surface area contributed by atoms with Crippen LogP contribution in [0.5, 0.6) is 17.2 Å². The van der Waals surface area contributed by atoms with Crippen LogP contribution in [0.4, 0.5) is 0 Å². The van der Waals surface area contributed by atoms with Crippen LogP contribution in [0.3, 0.4) is 0 Å². The van der Waals surface area contributed by atoms with Crippen LogP contribution in [0.2, 0.25) is 0 Å². The third-order valence-corrected chi connectivity index (χ3v) is 4.13. The van der Waals surface area contributed by atoms with Crippen LogP contribution in [0, 0.1) is 0 Å². The molecule has 2 aromatic rings. The lowest BCUT2D eigenvalue weighted by Gasteiger charge is -2.09. The van der Waals surface area contributed by atoms with Crippen LogP contribution >= 0.6 is 0 Å². The Bertz CT molecular complexity index is 760. The molecule has 0 heterocycles. The van der Waals surface area contributed by atoms with E-state index in [2.05, 4.69) is 4.40 Å². The number of sulfonamides is 1. The van der Waals surface area contributed by atoms with Crippen LogP contribution in [-0.4, -0.2) is 34.0 Å². The summed E-state index contributed by atoms with van der Waals surface area (Å²) in [5.41, 5.74) is 0.422. The molecule has 0 radical (unpaired) electrons. The Labute approximate surface area is 128 Å². The van der Waals surface area contributed by atoms with E-state index in [1.807, 2.05) is 0 Å². The molecule has 7 heteroatoms. The molecule has 0 bridgehead atoms. The van der Waals surface area contributed by atoms with Crippen molar-refractivity contribution >= 4 is 16.2 Å². The number of phenols is 1. The fourth-order valence-electron chi connectivity index (χ4n) is 1.77. The maximum Gasteiger partial charge on any atom is 0.282 e. The van der Waals surface area contributed by atoms with Gasteiger partial charge in [-0.2, -0.15) is 12.8 Å². The molecule has 2 rings (SSSR count). The molecule has 0 fully saturated rings. The number of aromatic hydroxyl groups is 1. The topological polar surface area (TPSA) is 85.2 Å². The van der Waals surface area contributed by atoms with Crippen molar-refractivity contribution in [2.75, 3.05) is 14.2 Å². The van der Waals surface area contributed by atoms with E-state index in [0.717, 1.165) is 0 Å². The minimum absolute atomic E-state index is 0.101. The first-order chi connectivity index (χ1) is 10.5. The molecule has 0 atom stereocenters. The van der Waals surface area contributed by atoms with Gasteiger partial charge in [0, 0.05) is 11.8 Å². The van der Waals surface area contributed by atoms with Crippen LogP contribution in [-0.2, 0) is 10.0 Å². The normalized spacial score (nSPS) is 11.5. The Kier molecular flexibility index (Phi) is 4.67. The van der Waals surface area contributed by atoms with Gasteiger partial charge in [-0.3, -0.25) is 0 Å². The highest BCUT2D eigenvalue weighted by atomic mass is 32.2. The zero-order valence-electron chi connectivity index (χ0n) is 12.1. The van der Waals surface area contributed by atoms with E-state index >= 15 is 0 Å². The van der Waals surface area contributed by atoms with Gasteiger partial charge in [0.1, 0.15) is 0 Å². The van der Waals surface area contributed by atoms with E-state index in [0.29, 0.717) is 5.56 Å². The van der Waals surface area contributed by atoms with Crippen molar-refractivity contribution in [1.82, 2.24) is 0 Å². The second-order valence-corrected chi connectivity index (χ2v) is 5.93. The maximum atomic E-state index is 12.1. The third kappa shape index (κ3) is 3.37. The Balaban J connectivity index is 2.38. The van der Waals surface area contributed by atoms with E-state index in [9.17, 15) is 13.5 Å². The average Bonchev–Trinajstić information content (AvgIpc) is 2.54. The zero-order chi connectivity index (χ0) is 16.2. The van der Waals surface area contributed by atoms with Gasteiger partial charge in [0.05, 0.1) is 19.1 Å². The van der Waals surface area contributed by atoms with Gasteiger partial charge >= 0.3 is 0 Å². The fourth-order valence-corrected chi connectivity index (χ4v) is 2.66. The van der Waals surface area contributed by atoms with E-state index in [4.69, 9.17) is 9.47 Å². The summed E-state index contributed by atoms with van der Waals surface area (Å²) in [6.07, 6.45) is 1.17. The number of ether oxygens (including phenoxy) is 2. The summed E-state index contributed by atoms with van der Waals surface area (Å²) in [6.45, 7) is 0. The molecule has 6 nitrogen and oxygen atoms in total. The first-order valence-corrected chi connectivity index (χ1v) is 7.72. The number of methoxy groups -OCH3 is 2. The smallest absolute Gasteiger partial charge is 0.282 e. The lowest BCUT2D eigenvalue weighted by Crippen LogP contribution is -1.98. The highest BCUT2D eigenvalue weighted by Gasteiger charge is 2.13. The summed E-state index contributed by atoms with van der Waals surface area (Å²) in [7, 11) is -1.01. The maximum absolute atomic E-state index is 12.1. The number of benzene rings is 2. The van der Waals surface area contributed by atoms with Gasteiger partial charge in [-0.25, -0.2) is 0 Å². The summed E-state index contributed by atoms with van der Waals surface area (Å²) in [6, 6.07) is 10.8. The average molecular weight is 321 g/mol. The van der Waals surface area contributed by atoms with E-state index in [-0.39, 0.29) is 22.1 Å². The second-order valence-electron chi connectivity index (χ2n) is 4.30. The highest BCUT2D eigenvalue weighted by molar-refractivity contribution is 7.90. The van der Waals surface area contributed by atoms with Crippen molar-refractivity contribution in [3.8, 4) is 17.2 Å². The predicted molar refractivity (Wildman–Crippen MR) is 82.4 cm³/mol. The van der Waals surface area contributed by atoms with Gasteiger partial charge in [-0.05, 0) is 24.3 Å². The monoisotopic (exact) mass is 321 g/mol. The predicted octanol–water partition coefficient (Wildman–Crippen LogP) is 2.22. The van der Waals surface area contributed by atoms with E-state index in [1.165, 1.54) is 44.7 Å². The lowest BCUT2D eigenvalue weighted by atomic mass is 10.2. The van der Waals surface area contributed by atoms with E-state index < -0.39 is 10.0 Å². The molecule has 0 saturated carbocycles. The quantitative estimate of drug-likeness (QED) is 0.854. The standard InChI is InChI=1S/C15H15NO5S/c1-20-13-8-11(9-14(21-2)15(13)17)10-16-22(18,19)12-6-4-3-5-7-12/h3-10,17H,1-2H3. The molecule has 2 aromatic carbocycles. The highest BCUT2D eigenvalue weighted by Crippen LogP contribution is 2.36. The Morgan fingerprint density at radius 3 is 2.09 bits per heavy atom. The molecule has 1 N–H and O–H groups in total.